The smallest absolute Gasteiger partial charge is 0.269 e. The lowest BCUT2D eigenvalue weighted by molar-refractivity contribution is -0.384. The summed E-state index contributed by atoms with van der Waals surface area (Å²) in [5.41, 5.74) is 4.90. The fourth-order valence-corrected chi connectivity index (χ4v) is 1.15. The number of benzene rings is 1. The summed E-state index contributed by atoms with van der Waals surface area (Å²) in [5.74, 6) is 0. The zero-order chi connectivity index (χ0) is 10.8. The average molecular weight is 196 g/mol. The van der Waals surface area contributed by atoms with Gasteiger partial charge in [0.05, 0.1) is 4.92 Å². The van der Waals surface area contributed by atoms with E-state index in [1.165, 1.54) is 19.1 Å². The molecule has 5 nitrogen and oxygen atoms in total. The molecule has 76 valence electrons. The van der Waals surface area contributed by atoms with E-state index in [9.17, 15) is 15.2 Å². The van der Waals surface area contributed by atoms with Crippen LogP contribution in [0.2, 0.25) is 0 Å². The number of hydrogen-bond donors (Lipinski definition) is 2. The van der Waals surface area contributed by atoms with Crippen molar-refractivity contribution in [1.82, 2.24) is 0 Å². The summed E-state index contributed by atoms with van der Waals surface area (Å²) >= 11 is 0. The summed E-state index contributed by atoms with van der Waals surface area (Å²) in [5, 5.41) is 19.6. The molecule has 0 bridgehead atoms. The van der Waals surface area contributed by atoms with Crippen LogP contribution in [0.1, 0.15) is 12.5 Å². The van der Waals surface area contributed by atoms with E-state index in [1.54, 1.807) is 12.1 Å². The van der Waals surface area contributed by atoms with Gasteiger partial charge in [0.25, 0.3) is 5.69 Å². The van der Waals surface area contributed by atoms with Crippen molar-refractivity contribution in [2.75, 3.05) is 0 Å². The van der Waals surface area contributed by atoms with Gasteiger partial charge in [-0.1, -0.05) is 12.1 Å². The standard InChI is InChI=1S/C9H12N2O3/c1-9(10,12)6-7-2-4-8(5-3-7)11(13)14/h2-5,12H,6,10H2,1H3/t9-/m0/s1. The van der Waals surface area contributed by atoms with Gasteiger partial charge >= 0.3 is 0 Å². The van der Waals surface area contributed by atoms with Gasteiger partial charge in [-0.25, -0.2) is 0 Å². The van der Waals surface area contributed by atoms with Gasteiger partial charge in [0.2, 0.25) is 0 Å². The molecule has 0 saturated heterocycles. The number of nitrogens with zero attached hydrogens (tertiary/aromatic N) is 1. The maximum absolute atomic E-state index is 10.3. The molecule has 0 saturated carbocycles. The first-order chi connectivity index (χ1) is 6.38. The van der Waals surface area contributed by atoms with Crippen molar-refractivity contribution in [1.29, 1.82) is 0 Å². The zero-order valence-electron chi connectivity index (χ0n) is 7.80. The highest BCUT2D eigenvalue weighted by atomic mass is 16.6. The van der Waals surface area contributed by atoms with Crippen LogP contribution < -0.4 is 5.73 Å². The molecule has 0 fully saturated rings. The SMILES string of the molecule is C[C@](N)(O)Cc1ccc([N+](=O)[O-])cc1. The normalized spacial score (nSPS) is 14.8. The number of non-ortho nitro benzene ring substituents is 1. The minimum absolute atomic E-state index is 0.0328. The highest BCUT2D eigenvalue weighted by molar-refractivity contribution is 5.33. The predicted molar refractivity (Wildman–Crippen MR) is 51.6 cm³/mol. The fourth-order valence-electron chi connectivity index (χ4n) is 1.15. The van der Waals surface area contributed by atoms with Crippen molar-refractivity contribution in [2.45, 2.75) is 19.1 Å². The highest BCUT2D eigenvalue weighted by Crippen LogP contribution is 2.14. The highest BCUT2D eigenvalue weighted by Gasteiger charge is 2.14. The van der Waals surface area contributed by atoms with Gasteiger partial charge < -0.3 is 10.8 Å². The van der Waals surface area contributed by atoms with Gasteiger partial charge in [0, 0.05) is 18.6 Å². The molecule has 0 amide bonds. The Morgan fingerprint density at radius 3 is 2.36 bits per heavy atom. The Labute approximate surface area is 81.3 Å². The van der Waals surface area contributed by atoms with Crippen molar-refractivity contribution in [3.8, 4) is 0 Å². The summed E-state index contributed by atoms with van der Waals surface area (Å²) in [6, 6.07) is 5.95. The van der Waals surface area contributed by atoms with Crippen molar-refractivity contribution in [3.05, 3.63) is 39.9 Å². The van der Waals surface area contributed by atoms with E-state index in [0.717, 1.165) is 5.56 Å². The summed E-state index contributed by atoms with van der Waals surface area (Å²) in [4.78, 5) is 9.86. The molecular formula is C9H12N2O3. The first-order valence-electron chi connectivity index (χ1n) is 4.13. The van der Waals surface area contributed by atoms with Crippen molar-refractivity contribution >= 4 is 5.69 Å². The first-order valence-corrected chi connectivity index (χ1v) is 4.13. The quantitative estimate of drug-likeness (QED) is 0.425. The van der Waals surface area contributed by atoms with E-state index in [-0.39, 0.29) is 12.1 Å². The molecule has 0 aliphatic heterocycles. The molecule has 5 heteroatoms. The van der Waals surface area contributed by atoms with Crippen LogP contribution in [0.15, 0.2) is 24.3 Å². The maximum atomic E-state index is 10.3. The minimum Gasteiger partial charge on any atom is -0.376 e. The number of nitro groups is 1. The third-order valence-corrected chi connectivity index (χ3v) is 1.71. The Balaban J connectivity index is 2.79. The van der Waals surface area contributed by atoms with Crippen LogP contribution in [-0.2, 0) is 6.42 Å². The van der Waals surface area contributed by atoms with Gasteiger partial charge in [-0.2, -0.15) is 0 Å². The lowest BCUT2D eigenvalue weighted by Crippen LogP contribution is -2.37. The Morgan fingerprint density at radius 1 is 1.50 bits per heavy atom. The molecule has 1 aromatic rings. The lowest BCUT2D eigenvalue weighted by atomic mass is 10.0. The minimum atomic E-state index is -1.28. The van der Waals surface area contributed by atoms with Crippen LogP contribution in [-0.4, -0.2) is 15.8 Å². The second-order valence-corrected chi connectivity index (χ2v) is 3.46. The van der Waals surface area contributed by atoms with Gasteiger partial charge in [-0.05, 0) is 12.5 Å². The lowest BCUT2D eigenvalue weighted by Gasteiger charge is -2.16. The summed E-state index contributed by atoms with van der Waals surface area (Å²) < 4.78 is 0. The van der Waals surface area contributed by atoms with Gasteiger partial charge in [-0.3, -0.25) is 10.1 Å². The molecule has 0 aliphatic carbocycles. The van der Waals surface area contributed by atoms with Crippen LogP contribution in [0, 0.1) is 10.1 Å². The first kappa shape index (κ1) is 10.6. The molecule has 14 heavy (non-hydrogen) atoms. The van der Waals surface area contributed by atoms with Crippen molar-refractivity contribution < 1.29 is 10.0 Å². The molecule has 0 radical (unpaired) electrons. The maximum Gasteiger partial charge on any atom is 0.269 e. The number of nitro benzene ring substituents is 1. The largest absolute Gasteiger partial charge is 0.376 e. The second kappa shape index (κ2) is 3.73. The summed E-state index contributed by atoms with van der Waals surface area (Å²) in [6.45, 7) is 1.48. The van der Waals surface area contributed by atoms with E-state index >= 15 is 0 Å². The van der Waals surface area contributed by atoms with Crippen LogP contribution in [0.5, 0.6) is 0 Å². The Bertz CT molecular complexity index is 327. The molecule has 1 atom stereocenters. The van der Waals surface area contributed by atoms with Gasteiger partial charge in [0.1, 0.15) is 5.72 Å². The summed E-state index contributed by atoms with van der Waals surface area (Å²) in [6.07, 6.45) is 0.269. The van der Waals surface area contributed by atoms with E-state index in [2.05, 4.69) is 0 Å². The van der Waals surface area contributed by atoms with Crippen LogP contribution in [0.3, 0.4) is 0 Å². The zero-order valence-corrected chi connectivity index (χ0v) is 7.80. The van der Waals surface area contributed by atoms with Crippen molar-refractivity contribution in [2.24, 2.45) is 5.73 Å². The van der Waals surface area contributed by atoms with Gasteiger partial charge in [-0.15, -0.1) is 0 Å². The molecule has 0 aromatic heterocycles. The number of rotatable bonds is 3. The molecular weight excluding hydrogens is 184 g/mol. The average Bonchev–Trinajstić information content (AvgIpc) is 2.02. The van der Waals surface area contributed by atoms with E-state index < -0.39 is 10.6 Å². The van der Waals surface area contributed by atoms with E-state index in [1.807, 2.05) is 0 Å². The Kier molecular flexibility index (Phi) is 2.83. The van der Waals surface area contributed by atoms with Crippen molar-refractivity contribution in [3.63, 3.8) is 0 Å². The Hall–Kier alpha value is -1.46. The van der Waals surface area contributed by atoms with Crippen LogP contribution in [0.25, 0.3) is 0 Å². The molecule has 3 N–H and O–H groups in total. The molecule has 0 unspecified atom stereocenters. The van der Waals surface area contributed by atoms with E-state index in [4.69, 9.17) is 5.73 Å². The monoisotopic (exact) mass is 196 g/mol. The second-order valence-electron chi connectivity index (χ2n) is 3.46. The molecule has 1 aromatic carbocycles. The number of hydrogen-bond acceptors (Lipinski definition) is 4. The van der Waals surface area contributed by atoms with Crippen LogP contribution in [0.4, 0.5) is 5.69 Å². The van der Waals surface area contributed by atoms with E-state index in [0.29, 0.717) is 0 Å². The number of aliphatic hydroxyl groups is 1. The molecule has 0 aliphatic rings. The Morgan fingerprint density at radius 2 is 2.00 bits per heavy atom. The third-order valence-electron chi connectivity index (χ3n) is 1.71. The summed E-state index contributed by atoms with van der Waals surface area (Å²) in [7, 11) is 0. The molecule has 0 heterocycles. The third kappa shape index (κ3) is 3.12. The fraction of sp³-hybridized carbons (Fsp3) is 0.333. The van der Waals surface area contributed by atoms with Gasteiger partial charge in [0.15, 0.2) is 0 Å². The molecule has 0 spiro atoms. The molecule has 1 rings (SSSR count). The van der Waals surface area contributed by atoms with Crippen LogP contribution >= 0.6 is 0 Å². The predicted octanol–water partition coefficient (Wildman–Crippen LogP) is 0.804. The number of nitrogens with two attached hydrogens (primary N) is 1. The topological polar surface area (TPSA) is 89.4 Å².